The molecule has 1 saturated heterocycles. The number of benzene rings is 3. The number of aryl methyl sites for hydroxylation is 1. The van der Waals surface area contributed by atoms with Crippen molar-refractivity contribution in [3.63, 3.8) is 0 Å². The molecule has 3 N–H and O–H groups in total. The molecule has 10 nitrogen and oxygen atoms in total. The van der Waals surface area contributed by atoms with Crippen molar-refractivity contribution >= 4 is 22.9 Å². The third kappa shape index (κ3) is 6.14. The van der Waals surface area contributed by atoms with Gasteiger partial charge in [-0.2, -0.15) is 0 Å². The molecule has 2 fully saturated rings. The number of methoxy groups -OCH3 is 1. The van der Waals surface area contributed by atoms with Gasteiger partial charge in [0.25, 0.3) is 5.56 Å². The summed E-state index contributed by atoms with van der Waals surface area (Å²) in [4.78, 5) is 56.6. The van der Waals surface area contributed by atoms with Crippen LogP contribution in [0.5, 0.6) is 0 Å². The largest absolute Gasteiger partial charge is 0.453 e. The zero-order chi connectivity index (χ0) is 38.0. The molecule has 3 aromatic carbocycles. The fourth-order valence-electron chi connectivity index (χ4n) is 10.4. The van der Waals surface area contributed by atoms with E-state index in [4.69, 9.17) is 9.72 Å². The van der Waals surface area contributed by atoms with Gasteiger partial charge in [-0.15, -0.1) is 0 Å². The number of hydrogen-bond donors (Lipinski definition) is 3. The van der Waals surface area contributed by atoms with Crippen LogP contribution in [0.4, 0.5) is 4.79 Å². The number of ether oxygens (including phenoxy) is 1. The Kier molecular flexibility index (Phi) is 8.89. The molecular formula is C45H50N6O4. The van der Waals surface area contributed by atoms with Crippen molar-refractivity contribution < 1.29 is 14.3 Å². The van der Waals surface area contributed by atoms with Crippen molar-refractivity contribution in [2.45, 2.75) is 103 Å². The predicted octanol–water partition coefficient (Wildman–Crippen LogP) is 8.15. The van der Waals surface area contributed by atoms with E-state index in [1.54, 1.807) is 0 Å². The number of amides is 2. The van der Waals surface area contributed by atoms with Crippen LogP contribution in [0.2, 0.25) is 0 Å². The van der Waals surface area contributed by atoms with Gasteiger partial charge in [-0.25, -0.2) is 14.8 Å². The van der Waals surface area contributed by atoms with Crippen molar-refractivity contribution in [2.24, 2.45) is 11.3 Å². The topological polar surface area (TPSA) is 133 Å². The van der Waals surface area contributed by atoms with E-state index in [-0.39, 0.29) is 23.4 Å². The van der Waals surface area contributed by atoms with Crippen LogP contribution in [-0.2, 0) is 35.2 Å². The quantitative estimate of drug-likeness (QED) is 0.154. The number of H-pyrrole nitrogens is 2. The van der Waals surface area contributed by atoms with Crippen LogP contribution in [0, 0.1) is 18.3 Å². The van der Waals surface area contributed by atoms with Gasteiger partial charge in [0, 0.05) is 12.1 Å². The van der Waals surface area contributed by atoms with E-state index in [0.29, 0.717) is 23.2 Å². The number of carbonyl (C=O) groups is 2. The Morgan fingerprint density at radius 2 is 1.58 bits per heavy atom. The first-order valence-electron chi connectivity index (χ1n) is 20.1. The summed E-state index contributed by atoms with van der Waals surface area (Å²) in [6, 6.07) is 14.6. The highest BCUT2D eigenvalue weighted by Gasteiger charge is 2.42. The lowest BCUT2D eigenvalue weighted by atomic mass is 9.82. The number of likely N-dealkylation sites (tertiary alicyclic amines) is 1. The zero-order valence-electron chi connectivity index (χ0n) is 32.3. The molecule has 2 atom stereocenters. The molecule has 2 amide bonds. The number of alkyl carbamates (subject to hydrolysis) is 1. The monoisotopic (exact) mass is 738 g/mol. The van der Waals surface area contributed by atoms with E-state index in [1.807, 2.05) is 44.0 Å². The lowest BCUT2D eigenvalue weighted by molar-refractivity contribution is -0.135. The molecule has 1 spiro atoms. The minimum absolute atomic E-state index is 0.0892. The third-order valence-corrected chi connectivity index (χ3v) is 13.0. The van der Waals surface area contributed by atoms with Crippen LogP contribution in [-0.4, -0.2) is 56.5 Å². The number of imidazole rings is 1. The molecule has 3 aliphatic carbocycles. The normalized spacial score (nSPS) is 19.0. The highest BCUT2D eigenvalue weighted by molar-refractivity contribution is 5.88. The van der Waals surface area contributed by atoms with Crippen molar-refractivity contribution in [1.82, 2.24) is 30.2 Å². The van der Waals surface area contributed by atoms with Crippen molar-refractivity contribution in [1.29, 1.82) is 0 Å². The van der Waals surface area contributed by atoms with E-state index < -0.39 is 12.1 Å². The van der Waals surface area contributed by atoms with E-state index in [2.05, 4.69) is 50.6 Å². The Morgan fingerprint density at radius 3 is 2.33 bits per heavy atom. The number of aromatic nitrogens is 4. The molecule has 4 aliphatic rings. The van der Waals surface area contributed by atoms with Gasteiger partial charge < -0.3 is 24.9 Å². The molecule has 5 aromatic rings. The van der Waals surface area contributed by atoms with Crippen LogP contribution < -0.4 is 10.9 Å². The van der Waals surface area contributed by atoms with E-state index >= 15 is 0 Å². The van der Waals surface area contributed by atoms with Gasteiger partial charge in [-0.3, -0.25) is 9.59 Å². The molecule has 284 valence electrons. The number of aromatic amines is 2. The average molecular weight is 739 g/mol. The fraction of sp³-hybridized carbons (Fsp3) is 0.444. The molecule has 0 unspecified atom stereocenters. The lowest BCUT2D eigenvalue weighted by Gasteiger charge is -2.30. The van der Waals surface area contributed by atoms with Crippen LogP contribution in [0.15, 0.2) is 53.5 Å². The molecule has 0 bridgehead atoms. The van der Waals surface area contributed by atoms with Crippen LogP contribution >= 0.6 is 0 Å². The maximum atomic E-state index is 13.8. The molecule has 10 heteroatoms. The molecule has 0 radical (unpaired) electrons. The zero-order valence-corrected chi connectivity index (χ0v) is 32.3. The Bertz CT molecular complexity index is 2400. The van der Waals surface area contributed by atoms with E-state index in [1.165, 1.54) is 77.3 Å². The first-order valence-corrected chi connectivity index (χ1v) is 20.1. The first kappa shape index (κ1) is 35.5. The Morgan fingerprint density at radius 1 is 0.891 bits per heavy atom. The summed E-state index contributed by atoms with van der Waals surface area (Å²) in [6.07, 6.45) is 13.5. The summed E-state index contributed by atoms with van der Waals surface area (Å²) in [5.41, 5.74) is 13.9. The smallest absolute Gasteiger partial charge is 0.407 e. The summed E-state index contributed by atoms with van der Waals surface area (Å²) in [5.74, 6) is 1.22. The SMILES string of the molecule is COC(=O)N[C@H](C(=O)N1CCC[C@H]1c1ncc(-c2ccc(-c3ccc(-c4ccc5nc(C)[nH]c(=O)c5c4)c4c3CC3(CCCC3)C4)c3c2CCC3)[nH]1)C(C)C. The van der Waals surface area contributed by atoms with Crippen molar-refractivity contribution in [3.05, 3.63) is 92.9 Å². The summed E-state index contributed by atoms with van der Waals surface area (Å²) < 4.78 is 4.82. The molecule has 1 aliphatic heterocycles. The van der Waals surface area contributed by atoms with Gasteiger partial charge in [0.1, 0.15) is 17.7 Å². The fourth-order valence-corrected chi connectivity index (χ4v) is 10.4. The number of nitrogens with zero attached hydrogens (tertiary/aromatic N) is 3. The van der Waals surface area contributed by atoms with Gasteiger partial charge in [0.05, 0.1) is 35.9 Å². The van der Waals surface area contributed by atoms with Gasteiger partial charge in [-0.1, -0.05) is 57.0 Å². The second-order valence-electron chi connectivity index (χ2n) is 16.8. The molecular weight excluding hydrogens is 689 g/mol. The summed E-state index contributed by atoms with van der Waals surface area (Å²) in [7, 11) is 1.31. The second-order valence-corrected chi connectivity index (χ2v) is 16.8. The Balaban J connectivity index is 1.06. The maximum Gasteiger partial charge on any atom is 0.407 e. The number of hydrogen-bond acceptors (Lipinski definition) is 6. The summed E-state index contributed by atoms with van der Waals surface area (Å²) >= 11 is 0. The summed E-state index contributed by atoms with van der Waals surface area (Å²) in [6.45, 7) is 6.31. The maximum absolute atomic E-state index is 13.8. The molecule has 55 heavy (non-hydrogen) atoms. The van der Waals surface area contributed by atoms with E-state index in [9.17, 15) is 14.4 Å². The number of nitrogens with one attached hydrogen (secondary N) is 3. The molecule has 1 saturated carbocycles. The Hall–Kier alpha value is -5.25. The van der Waals surface area contributed by atoms with E-state index in [0.717, 1.165) is 67.5 Å². The van der Waals surface area contributed by atoms with Gasteiger partial charge in [0.15, 0.2) is 0 Å². The number of fused-ring (bicyclic) bond motifs is 3. The van der Waals surface area contributed by atoms with Gasteiger partial charge in [0.2, 0.25) is 5.91 Å². The predicted molar refractivity (Wildman–Crippen MR) is 214 cm³/mol. The van der Waals surface area contributed by atoms with Crippen LogP contribution in [0.1, 0.15) is 98.7 Å². The standard InChI is InChI=1S/C45H50N6O4/c1-25(2)40(50-44(54)55-4)43(53)51-20-8-11-39(51)41-46-24-38(49-41)33-16-15-31(29-9-7-10-30(29)33)32-14-13-28(35-22-45(23-36(32)35)18-5-6-19-45)27-12-17-37-34(21-27)42(52)48-26(3)47-37/h12-17,21,24-25,39-40H,5-11,18-20,22-23H2,1-4H3,(H,46,49)(H,50,54)(H,47,48,52)/t39-,40-/m0/s1. The average Bonchev–Trinajstić information content (AvgIpc) is 4.03. The van der Waals surface area contributed by atoms with Crippen LogP contribution in [0.3, 0.4) is 0 Å². The van der Waals surface area contributed by atoms with Crippen molar-refractivity contribution in [2.75, 3.05) is 13.7 Å². The second kappa shape index (κ2) is 13.8. The molecule has 9 rings (SSSR count). The third-order valence-electron chi connectivity index (χ3n) is 13.0. The van der Waals surface area contributed by atoms with Crippen molar-refractivity contribution in [3.8, 4) is 33.5 Å². The highest BCUT2D eigenvalue weighted by Crippen LogP contribution is 2.54. The lowest BCUT2D eigenvalue weighted by Crippen LogP contribution is -2.51. The number of carbonyl (C=O) groups excluding carboxylic acids is 2. The minimum Gasteiger partial charge on any atom is -0.453 e. The minimum atomic E-state index is -0.670. The first-order chi connectivity index (χ1) is 26.6. The van der Waals surface area contributed by atoms with Crippen LogP contribution in [0.25, 0.3) is 44.4 Å². The number of rotatable bonds is 7. The molecule has 2 aromatic heterocycles. The summed E-state index contributed by atoms with van der Waals surface area (Å²) in [5, 5.41) is 3.38. The van der Waals surface area contributed by atoms with Gasteiger partial charge in [-0.05, 0) is 133 Å². The molecule has 3 heterocycles. The van der Waals surface area contributed by atoms with Gasteiger partial charge >= 0.3 is 6.09 Å². The Labute approximate surface area is 321 Å². The highest BCUT2D eigenvalue weighted by atomic mass is 16.5.